The Bertz CT molecular complexity index is 585. The Morgan fingerprint density at radius 1 is 1.24 bits per heavy atom. The van der Waals surface area contributed by atoms with Crippen molar-refractivity contribution in [3.05, 3.63) is 21.9 Å². The van der Waals surface area contributed by atoms with Crippen LogP contribution in [0.5, 0.6) is 0 Å². The van der Waals surface area contributed by atoms with Crippen LogP contribution in [0.2, 0.25) is 0 Å². The van der Waals surface area contributed by atoms with Crippen LogP contribution in [0, 0.1) is 11.8 Å². The third-order valence-electron chi connectivity index (χ3n) is 3.20. The molecule has 2 heterocycles. The third kappa shape index (κ3) is 4.06. The van der Waals surface area contributed by atoms with Crippen LogP contribution in [0.25, 0.3) is 0 Å². The molecule has 0 aliphatic carbocycles. The maximum Gasteiger partial charge on any atom is 0.242 e. The van der Waals surface area contributed by atoms with Gasteiger partial charge in [0.15, 0.2) is 0 Å². The summed E-state index contributed by atoms with van der Waals surface area (Å²) in [4.78, 5) is 28.9. The standard InChI is InChI=1S/C15H18N2O3S/c1-2-16-10-15(20)17(11-14(16)19)9-13-7-6-12(21-13)5-3-4-8-18/h6-7,18H,2,4,8-11H2,1H3. The number of nitrogens with zero attached hydrogens (tertiary/aromatic N) is 2. The molecule has 0 radical (unpaired) electrons. The topological polar surface area (TPSA) is 60.9 Å². The molecule has 0 unspecified atom stereocenters. The number of amides is 2. The summed E-state index contributed by atoms with van der Waals surface area (Å²) in [6, 6.07) is 3.83. The minimum atomic E-state index is -0.0160. The predicted octanol–water partition coefficient (Wildman–Crippen LogP) is 0.673. The molecule has 1 aromatic rings. The zero-order valence-electron chi connectivity index (χ0n) is 12.0. The molecule has 0 atom stereocenters. The normalized spacial score (nSPS) is 15.1. The van der Waals surface area contributed by atoms with Crippen LogP contribution >= 0.6 is 11.3 Å². The summed E-state index contributed by atoms with van der Waals surface area (Å²) in [6.07, 6.45) is 0.458. The molecule has 1 fully saturated rings. The van der Waals surface area contributed by atoms with Gasteiger partial charge in [-0.2, -0.15) is 0 Å². The lowest BCUT2D eigenvalue weighted by Gasteiger charge is -2.32. The third-order valence-corrected chi connectivity index (χ3v) is 4.18. The zero-order chi connectivity index (χ0) is 15.2. The molecule has 6 heteroatoms. The van der Waals surface area contributed by atoms with E-state index >= 15 is 0 Å². The highest BCUT2D eigenvalue weighted by Gasteiger charge is 2.28. The van der Waals surface area contributed by atoms with Crippen LogP contribution in [0.3, 0.4) is 0 Å². The lowest BCUT2D eigenvalue weighted by atomic mass is 10.2. The van der Waals surface area contributed by atoms with Crippen molar-refractivity contribution in [2.75, 3.05) is 26.2 Å². The summed E-state index contributed by atoms with van der Waals surface area (Å²) in [5.74, 6) is 5.82. The van der Waals surface area contributed by atoms with E-state index in [1.807, 2.05) is 19.1 Å². The van der Waals surface area contributed by atoms with Gasteiger partial charge in [0.1, 0.15) is 6.54 Å². The van der Waals surface area contributed by atoms with Crippen LogP contribution in [0.15, 0.2) is 12.1 Å². The molecule has 1 aliphatic rings. The largest absolute Gasteiger partial charge is 0.395 e. The average molecular weight is 306 g/mol. The zero-order valence-corrected chi connectivity index (χ0v) is 12.8. The highest BCUT2D eigenvalue weighted by molar-refractivity contribution is 7.12. The first-order valence-electron chi connectivity index (χ1n) is 6.88. The first-order chi connectivity index (χ1) is 10.1. The molecule has 112 valence electrons. The second-order valence-electron chi connectivity index (χ2n) is 4.70. The first-order valence-corrected chi connectivity index (χ1v) is 7.69. The molecule has 0 saturated carbocycles. The number of aliphatic hydroxyl groups is 1. The summed E-state index contributed by atoms with van der Waals surface area (Å²) in [6.45, 7) is 3.28. The van der Waals surface area contributed by atoms with Crippen molar-refractivity contribution in [1.82, 2.24) is 9.80 Å². The number of aliphatic hydroxyl groups excluding tert-OH is 1. The van der Waals surface area contributed by atoms with Gasteiger partial charge in [-0.25, -0.2) is 0 Å². The van der Waals surface area contributed by atoms with Crippen molar-refractivity contribution in [2.45, 2.75) is 19.9 Å². The van der Waals surface area contributed by atoms with Gasteiger partial charge >= 0.3 is 0 Å². The SMILES string of the molecule is CCN1CC(=O)N(Cc2ccc(C#CCCO)s2)CC1=O. The first kappa shape index (κ1) is 15.5. The summed E-state index contributed by atoms with van der Waals surface area (Å²) < 4.78 is 0. The molecule has 2 rings (SSSR count). The van der Waals surface area contributed by atoms with Crippen LogP contribution in [0.1, 0.15) is 23.1 Å². The van der Waals surface area contributed by atoms with Gasteiger partial charge in [0.2, 0.25) is 11.8 Å². The van der Waals surface area contributed by atoms with E-state index in [9.17, 15) is 9.59 Å². The van der Waals surface area contributed by atoms with Gasteiger partial charge in [-0.3, -0.25) is 9.59 Å². The molecular formula is C15H18N2O3S. The Kier molecular flexibility index (Phi) is 5.37. The number of carbonyl (C=O) groups is 2. The van der Waals surface area contributed by atoms with Gasteiger partial charge < -0.3 is 14.9 Å². The highest BCUT2D eigenvalue weighted by atomic mass is 32.1. The number of rotatable bonds is 4. The van der Waals surface area contributed by atoms with Gasteiger partial charge in [-0.15, -0.1) is 11.3 Å². The Labute approximate surface area is 128 Å². The molecule has 1 saturated heterocycles. The lowest BCUT2D eigenvalue weighted by molar-refractivity contribution is -0.150. The average Bonchev–Trinajstić information content (AvgIpc) is 2.90. The monoisotopic (exact) mass is 306 g/mol. The van der Waals surface area contributed by atoms with E-state index in [-0.39, 0.29) is 31.5 Å². The van der Waals surface area contributed by atoms with Gasteiger partial charge in [0.05, 0.1) is 24.6 Å². The van der Waals surface area contributed by atoms with E-state index in [1.165, 1.54) is 11.3 Å². The second kappa shape index (κ2) is 7.25. The van der Waals surface area contributed by atoms with Crippen molar-refractivity contribution >= 4 is 23.2 Å². The quantitative estimate of drug-likeness (QED) is 0.832. The summed E-state index contributed by atoms with van der Waals surface area (Å²) in [5, 5.41) is 8.68. The Balaban J connectivity index is 1.98. The summed E-state index contributed by atoms with van der Waals surface area (Å²) in [7, 11) is 0. The molecule has 5 nitrogen and oxygen atoms in total. The Morgan fingerprint density at radius 3 is 2.67 bits per heavy atom. The number of hydrogen-bond acceptors (Lipinski definition) is 4. The number of hydrogen-bond donors (Lipinski definition) is 1. The van der Waals surface area contributed by atoms with E-state index in [0.29, 0.717) is 19.5 Å². The van der Waals surface area contributed by atoms with Gasteiger partial charge in [-0.05, 0) is 19.1 Å². The molecule has 0 spiro atoms. The molecule has 2 amide bonds. The molecule has 0 aromatic carbocycles. The summed E-state index contributed by atoms with van der Waals surface area (Å²) in [5.41, 5.74) is 0. The van der Waals surface area contributed by atoms with Crippen LogP contribution in [-0.4, -0.2) is 53.0 Å². The van der Waals surface area contributed by atoms with Crippen molar-refractivity contribution in [2.24, 2.45) is 0 Å². The number of piperazine rings is 1. The van der Waals surface area contributed by atoms with Crippen LogP contribution < -0.4 is 0 Å². The van der Waals surface area contributed by atoms with Gasteiger partial charge in [0.25, 0.3) is 0 Å². The minimum Gasteiger partial charge on any atom is -0.395 e. The van der Waals surface area contributed by atoms with E-state index < -0.39 is 0 Å². The van der Waals surface area contributed by atoms with Crippen molar-refractivity contribution < 1.29 is 14.7 Å². The van der Waals surface area contributed by atoms with Crippen molar-refractivity contribution in [3.63, 3.8) is 0 Å². The van der Waals surface area contributed by atoms with E-state index in [4.69, 9.17) is 5.11 Å². The molecule has 21 heavy (non-hydrogen) atoms. The van der Waals surface area contributed by atoms with E-state index in [2.05, 4.69) is 11.8 Å². The van der Waals surface area contributed by atoms with Gasteiger partial charge in [-0.1, -0.05) is 11.8 Å². The highest BCUT2D eigenvalue weighted by Crippen LogP contribution is 2.19. The van der Waals surface area contributed by atoms with E-state index in [1.54, 1.807) is 9.80 Å². The van der Waals surface area contributed by atoms with Crippen molar-refractivity contribution in [3.8, 4) is 11.8 Å². The number of likely N-dealkylation sites (N-methyl/N-ethyl adjacent to an activating group) is 1. The molecular weight excluding hydrogens is 288 g/mol. The molecule has 1 aromatic heterocycles. The fourth-order valence-corrected chi connectivity index (χ4v) is 2.96. The van der Waals surface area contributed by atoms with Crippen molar-refractivity contribution in [1.29, 1.82) is 0 Å². The number of thiophene rings is 1. The maximum atomic E-state index is 12.0. The molecule has 1 aliphatic heterocycles. The maximum absolute atomic E-state index is 12.0. The Hall–Kier alpha value is -1.84. The second-order valence-corrected chi connectivity index (χ2v) is 5.87. The molecule has 0 bridgehead atoms. The Morgan fingerprint density at radius 2 is 1.95 bits per heavy atom. The smallest absolute Gasteiger partial charge is 0.242 e. The molecule has 1 N–H and O–H groups in total. The van der Waals surface area contributed by atoms with E-state index in [0.717, 1.165) is 9.75 Å². The fourth-order valence-electron chi connectivity index (χ4n) is 2.06. The summed E-state index contributed by atoms with van der Waals surface area (Å²) >= 11 is 1.51. The lowest BCUT2D eigenvalue weighted by Crippen LogP contribution is -2.53. The number of carbonyl (C=O) groups excluding carboxylic acids is 2. The van der Waals surface area contributed by atoms with Gasteiger partial charge in [0, 0.05) is 17.8 Å². The van der Waals surface area contributed by atoms with Crippen LogP contribution in [-0.2, 0) is 16.1 Å². The predicted molar refractivity (Wildman–Crippen MR) is 80.6 cm³/mol. The fraction of sp³-hybridized carbons (Fsp3) is 0.467. The minimum absolute atomic E-state index is 0.00313. The van der Waals surface area contributed by atoms with Crippen LogP contribution in [0.4, 0.5) is 0 Å².